The largest absolute Gasteiger partial charge is 0.368 e. The third-order valence-corrected chi connectivity index (χ3v) is 5.04. The number of nitrogens with two attached hydrogens (primary N) is 2. The first-order valence-corrected chi connectivity index (χ1v) is 8.11. The van der Waals surface area contributed by atoms with E-state index in [1.165, 1.54) is 0 Å². The number of rotatable bonds is 5. The van der Waals surface area contributed by atoms with Crippen molar-refractivity contribution in [1.82, 2.24) is 14.7 Å². The van der Waals surface area contributed by atoms with Gasteiger partial charge in [0, 0.05) is 45.3 Å². The molecule has 0 spiro atoms. The molecular weight excluding hydrogens is 266 g/mol. The van der Waals surface area contributed by atoms with Gasteiger partial charge in [-0.2, -0.15) is 0 Å². The van der Waals surface area contributed by atoms with Gasteiger partial charge in [-0.1, -0.05) is 0 Å². The molecule has 1 heterocycles. The summed E-state index contributed by atoms with van der Waals surface area (Å²) in [4.78, 5) is 18.8. The molecule has 2 unspecified atom stereocenters. The molecule has 122 valence electrons. The highest BCUT2D eigenvalue weighted by Crippen LogP contribution is 2.29. The second-order valence-electron chi connectivity index (χ2n) is 6.95. The average molecular weight is 297 g/mol. The minimum atomic E-state index is -0.787. The second kappa shape index (κ2) is 7.05. The number of hydrogen-bond donors (Lipinski definition) is 2. The van der Waals surface area contributed by atoms with E-state index in [1.807, 2.05) is 0 Å². The molecule has 21 heavy (non-hydrogen) atoms. The Bertz CT molecular complexity index is 354. The first kappa shape index (κ1) is 16.7. The van der Waals surface area contributed by atoms with Gasteiger partial charge in [0.15, 0.2) is 0 Å². The first-order valence-electron chi connectivity index (χ1n) is 8.11. The predicted molar refractivity (Wildman–Crippen MR) is 84.9 cm³/mol. The highest BCUT2D eigenvalue weighted by atomic mass is 16.1. The Morgan fingerprint density at radius 2 is 1.95 bits per heavy atom. The summed E-state index contributed by atoms with van der Waals surface area (Å²) in [6.07, 6.45) is 3.61. The van der Waals surface area contributed by atoms with Gasteiger partial charge >= 0.3 is 0 Å². The van der Waals surface area contributed by atoms with E-state index in [2.05, 4.69) is 28.8 Å². The van der Waals surface area contributed by atoms with E-state index in [4.69, 9.17) is 11.5 Å². The van der Waals surface area contributed by atoms with E-state index in [0.29, 0.717) is 6.04 Å². The molecule has 0 aromatic heterocycles. The van der Waals surface area contributed by atoms with E-state index in [9.17, 15) is 4.79 Å². The zero-order chi connectivity index (χ0) is 15.5. The molecule has 0 aromatic carbocycles. The summed E-state index contributed by atoms with van der Waals surface area (Å²) in [5, 5.41) is 0. The Morgan fingerprint density at radius 1 is 1.29 bits per heavy atom. The van der Waals surface area contributed by atoms with Crippen molar-refractivity contribution in [3.8, 4) is 0 Å². The minimum Gasteiger partial charge on any atom is -0.368 e. The molecule has 6 nitrogen and oxygen atoms in total. The fraction of sp³-hybridized carbons (Fsp3) is 0.933. The van der Waals surface area contributed by atoms with Crippen molar-refractivity contribution in [1.29, 1.82) is 0 Å². The predicted octanol–water partition coefficient (Wildman–Crippen LogP) is -0.709. The standard InChI is InChI=1S/C15H31N5O/c1-18(2)6-7-19-8-10-20(11-9-19)13-4-3-5-15(17,12-13)14(16)21/h13H,3-12,17H2,1-2H3,(H2,16,21). The van der Waals surface area contributed by atoms with Gasteiger partial charge < -0.3 is 16.4 Å². The lowest BCUT2D eigenvalue weighted by atomic mass is 9.78. The molecule has 0 aromatic rings. The lowest BCUT2D eigenvalue weighted by Crippen LogP contribution is -2.60. The number of carbonyl (C=O) groups is 1. The Hall–Kier alpha value is -0.690. The maximum atomic E-state index is 11.6. The van der Waals surface area contributed by atoms with Crippen LogP contribution in [0, 0.1) is 0 Å². The van der Waals surface area contributed by atoms with Crippen LogP contribution in [-0.4, -0.2) is 85.6 Å². The van der Waals surface area contributed by atoms with Gasteiger partial charge in [0.05, 0.1) is 5.54 Å². The molecule has 1 aliphatic carbocycles. The molecular formula is C15H31N5O. The van der Waals surface area contributed by atoms with Crippen LogP contribution in [0.15, 0.2) is 0 Å². The average Bonchev–Trinajstić information content (AvgIpc) is 2.45. The van der Waals surface area contributed by atoms with Crippen LogP contribution in [-0.2, 0) is 4.79 Å². The number of primary amides is 1. The van der Waals surface area contributed by atoms with Crippen LogP contribution in [0.4, 0.5) is 0 Å². The SMILES string of the molecule is CN(C)CCN1CCN(C2CCCC(N)(C(N)=O)C2)CC1. The summed E-state index contributed by atoms with van der Waals surface area (Å²) in [6, 6.07) is 0.423. The van der Waals surface area contributed by atoms with Crippen LogP contribution >= 0.6 is 0 Å². The quantitative estimate of drug-likeness (QED) is 0.701. The maximum absolute atomic E-state index is 11.6. The van der Waals surface area contributed by atoms with Crippen molar-refractivity contribution >= 4 is 5.91 Å². The van der Waals surface area contributed by atoms with Crippen molar-refractivity contribution in [3.63, 3.8) is 0 Å². The van der Waals surface area contributed by atoms with Gasteiger partial charge in [-0.15, -0.1) is 0 Å². The third-order valence-electron chi connectivity index (χ3n) is 5.04. The van der Waals surface area contributed by atoms with Crippen molar-refractivity contribution in [2.75, 3.05) is 53.4 Å². The molecule has 1 saturated heterocycles. The zero-order valence-electron chi connectivity index (χ0n) is 13.6. The van der Waals surface area contributed by atoms with E-state index in [0.717, 1.165) is 65.0 Å². The van der Waals surface area contributed by atoms with E-state index >= 15 is 0 Å². The van der Waals surface area contributed by atoms with Gasteiger partial charge in [-0.25, -0.2) is 0 Å². The Morgan fingerprint density at radius 3 is 2.52 bits per heavy atom. The Labute approximate surface area is 128 Å². The number of piperazine rings is 1. The summed E-state index contributed by atoms with van der Waals surface area (Å²) in [6.45, 7) is 6.61. The fourth-order valence-corrected chi connectivity index (χ4v) is 3.51. The normalized spacial score (nSPS) is 32.5. The Balaban J connectivity index is 1.80. The smallest absolute Gasteiger partial charge is 0.237 e. The van der Waals surface area contributed by atoms with Gasteiger partial charge in [0.1, 0.15) is 0 Å². The first-order chi connectivity index (χ1) is 9.90. The summed E-state index contributed by atoms with van der Waals surface area (Å²) in [5.41, 5.74) is 10.9. The summed E-state index contributed by atoms with van der Waals surface area (Å²) >= 11 is 0. The minimum absolute atomic E-state index is 0.336. The molecule has 1 saturated carbocycles. The number of likely N-dealkylation sites (N-methyl/N-ethyl adjacent to an activating group) is 1. The van der Waals surface area contributed by atoms with Crippen LogP contribution in [0.3, 0.4) is 0 Å². The molecule has 2 fully saturated rings. The summed E-state index contributed by atoms with van der Waals surface area (Å²) in [7, 11) is 4.23. The lowest BCUT2D eigenvalue weighted by molar-refractivity contribution is -0.125. The summed E-state index contributed by atoms with van der Waals surface area (Å²) < 4.78 is 0. The van der Waals surface area contributed by atoms with Gasteiger partial charge in [-0.05, 0) is 39.8 Å². The molecule has 2 atom stereocenters. The third kappa shape index (κ3) is 4.39. The van der Waals surface area contributed by atoms with Crippen molar-refractivity contribution in [3.05, 3.63) is 0 Å². The molecule has 6 heteroatoms. The molecule has 2 rings (SSSR count). The molecule has 2 aliphatic rings. The zero-order valence-corrected chi connectivity index (χ0v) is 13.6. The van der Waals surface area contributed by atoms with Crippen molar-refractivity contribution in [2.45, 2.75) is 37.3 Å². The fourth-order valence-electron chi connectivity index (χ4n) is 3.51. The summed E-state index contributed by atoms with van der Waals surface area (Å²) in [5.74, 6) is -0.336. The highest BCUT2D eigenvalue weighted by molar-refractivity contribution is 5.84. The highest BCUT2D eigenvalue weighted by Gasteiger charge is 2.40. The van der Waals surface area contributed by atoms with Gasteiger partial charge in [0.25, 0.3) is 0 Å². The molecule has 1 aliphatic heterocycles. The Kier molecular flexibility index (Phi) is 5.60. The number of hydrogen-bond acceptors (Lipinski definition) is 5. The van der Waals surface area contributed by atoms with Crippen molar-refractivity contribution in [2.24, 2.45) is 11.5 Å². The lowest BCUT2D eigenvalue weighted by Gasteiger charge is -2.44. The van der Waals surface area contributed by atoms with Crippen LogP contribution in [0.2, 0.25) is 0 Å². The van der Waals surface area contributed by atoms with Crippen LogP contribution < -0.4 is 11.5 Å². The molecule has 0 radical (unpaired) electrons. The topological polar surface area (TPSA) is 78.8 Å². The van der Waals surface area contributed by atoms with Gasteiger partial charge in [-0.3, -0.25) is 14.6 Å². The number of amides is 1. The molecule has 4 N–H and O–H groups in total. The molecule has 1 amide bonds. The number of carbonyl (C=O) groups excluding carboxylic acids is 1. The number of nitrogens with zero attached hydrogens (tertiary/aromatic N) is 3. The monoisotopic (exact) mass is 297 g/mol. The van der Waals surface area contributed by atoms with E-state index < -0.39 is 5.54 Å². The molecule has 0 bridgehead atoms. The van der Waals surface area contributed by atoms with Crippen LogP contribution in [0.1, 0.15) is 25.7 Å². The van der Waals surface area contributed by atoms with Crippen LogP contribution in [0.5, 0.6) is 0 Å². The van der Waals surface area contributed by atoms with Gasteiger partial charge in [0.2, 0.25) is 5.91 Å². The van der Waals surface area contributed by atoms with E-state index in [1.54, 1.807) is 0 Å². The maximum Gasteiger partial charge on any atom is 0.237 e. The van der Waals surface area contributed by atoms with Crippen LogP contribution in [0.25, 0.3) is 0 Å². The second-order valence-corrected chi connectivity index (χ2v) is 6.95. The van der Waals surface area contributed by atoms with E-state index in [-0.39, 0.29) is 5.91 Å². The van der Waals surface area contributed by atoms with Crippen molar-refractivity contribution < 1.29 is 4.79 Å².